The van der Waals surface area contributed by atoms with Crippen molar-refractivity contribution in [3.8, 4) is 5.69 Å². The van der Waals surface area contributed by atoms with E-state index in [9.17, 15) is 0 Å². The van der Waals surface area contributed by atoms with Crippen LogP contribution in [0.4, 0.5) is 5.82 Å². The lowest BCUT2D eigenvalue weighted by molar-refractivity contribution is 0.217. The first kappa shape index (κ1) is 16.2. The van der Waals surface area contributed by atoms with Crippen LogP contribution in [-0.4, -0.2) is 34.3 Å². The van der Waals surface area contributed by atoms with Crippen molar-refractivity contribution in [2.24, 2.45) is 0 Å². The first-order valence-corrected chi connectivity index (χ1v) is 9.93. The Morgan fingerprint density at radius 1 is 1.08 bits per heavy atom. The number of nitrogens with one attached hydrogen (secondary N) is 1. The largest absolute Gasteiger partial charge is 0.370 e. The van der Waals surface area contributed by atoms with E-state index in [1.54, 1.807) is 0 Å². The summed E-state index contributed by atoms with van der Waals surface area (Å²) in [6, 6.07) is 8.42. The molecule has 2 aliphatic rings. The van der Waals surface area contributed by atoms with Crippen LogP contribution in [-0.2, 0) is 13.0 Å². The van der Waals surface area contributed by atoms with Gasteiger partial charge in [0.2, 0.25) is 0 Å². The van der Waals surface area contributed by atoms with Gasteiger partial charge in [0.25, 0.3) is 0 Å². The number of hydrogen-bond donors (Lipinski definition) is 1. The maximum Gasteiger partial charge on any atom is 0.133 e. The molecule has 5 heteroatoms. The van der Waals surface area contributed by atoms with E-state index in [1.165, 1.54) is 62.3 Å². The molecule has 2 aromatic rings. The Morgan fingerprint density at radius 2 is 1.96 bits per heavy atom. The number of nitrogens with zero attached hydrogens (tertiary/aromatic N) is 3. The lowest BCUT2D eigenvalue weighted by atomic mass is 10.1. The lowest BCUT2D eigenvalue weighted by Gasteiger charge is -2.25. The summed E-state index contributed by atoms with van der Waals surface area (Å²) < 4.78 is 3.21. The SMILES string of the molecule is Brc1cccc(-n2nc(CN3CCCCC3)c3c2NCCCC3)c1. The number of piperidine rings is 1. The van der Waals surface area contributed by atoms with Gasteiger partial charge >= 0.3 is 0 Å². The molecule has 128 valence electrons. The first-order valence-electron chi connectivity index (χ1n) is 9.14. The molecule has 24 heavy (non-hydrogen) atoms. The maximum atomic E-state index is 5.03. The van der Waals surface area contributed by atoms with Crippen molar-refractivity contribution in [3.63, 3.8) is 0 Å². The van der Waals surface area contributed by atoms with Gasteiger partial charge in [0.05, 0.1) is 11.4 Å². The van der Waals surface area contributed by atoms with Gasteiger partial charge in [-0.25, -0.2) is 4.68 Å². The second-order valence-electron chi connectivity index (χ2n) is 6.89. The monoisotopic (exact) mass is 388 g/mol. The van der Waals surface area contributed by atoms with Gasteiger partial charge in [0.1, 0.15) is 5.82 Å². The highest BCUT2D eigenvalue weighted by molar-refractivity contribution is 9.10. The number of aromatic nitrogens is 2. The van der Waals surface area contributed by atoms with Crippen LogP contribution in [0.3, 0.4) is 0 Å². The topological polar surface area (TPSA) is 33.1 Å². The molecule has 0 saturated carbocycles. The number of fused-ring (bicyclic) bond motifs is 1. The van der Waals surface area contributed by atoms with E-state index in [0.29, 0.717) is 0 Å². The number of halogens is 1. The van der Waals surface area contributed by atoms with Gasteiger partial charge in [-0.2, -0.15) is 5.10 Å². The van der Waals surface area contributed by atoms with Gasteiger partial charge in [0.15, 0.2) is 0 Å². The average Bonchev–Trinajstić information content (AvgIpc) is 2.78. The van der Waals surface area contributed by atoms with Gasteiger partial charge < -0.3 is 5.32 Å². The molecule has 1 saturated heterocycles. The van der Waals surface area contributed by atoms with Crippen LogP contribution in [0.25, 0.3) is 5.69 Å². The molecule has 0 unspecified atom stereocenters. The fraction of sp³-hybridized carbons (Fsp3) is 0.526. The minimum absolute atomic E-state index is 0.991. The molecule has 0 aliphatic carbocycles. The lowest BCUT2D eigenvalue weighted by Crippen LogP contribution is -2.29. The number of likely N-dealkylation sites (tertiary alicyclic amines) is 1. The van der Waals surface area contributed by atoms with E-state index in [1.807, 2.05) is 0 Å². The highest BCUT2D eigenvalue weighted by atomic mass is 79.9. The molecule has 1 aromatic carbocycles. The summed E-state index contributed by atoms with van der Waals surface area (Å²) in [6.07, 6.45) is 7.65. The number of benzene rings is 1. The van der Waals surface area contributed by atoms with Crippen molar-refractivity contribution in [1.82, 2.24) is 14.7 Å². The van der Waals surface area contributed by atoms with Crippen molar-refractivity contribution >= 4 is 21.7 Å². The van der Waals surface area contributed by atoms with Crippen LogP contribution in [0.2, 0.25) is 0 Å². The molecular formula is C19H25BrN4. The van der Waals surface area contributed by atoms with Crippen molar-refractivity contribution in [3.05, 3.63) is 40.0 Å². The van der Waals surface area contributed by atoms with Crippen LogP contribution < -0.4 is 5.32 Å². The minimum atomic E-state index is 0.991. The summed E-state index contributed by atoms with van der Waals surface area (Å²) >= 11 is 3.59. The zero-order valence-electron chi connectivity index (χ0n) is 14.1. The van der Waals surface area contributed by atoms with E-state index in [0.717, 1.165) is 29.7 Å². The molecule has 0 spiro atoms. The van der Waals surface area contributed by atoms with Crippen LogP contribution in [0, 0.1) is 0 Å². The second kappa shape index (κ2) is 7.28. The number of hydrogen-bond acceptors (Lipinski definition) is 3. The van der Waals surface area contributed by atoms with Gasteiger partial charge in [-0.15, -0.1) is 0 Å². The zero-order valence-corrected chi connectivity index (χ0v) is 15.7. The van der Waals surface area contributed by atoms with Crippen LogP contribution >= 0.6 is 15.9 Å². The quantitative estimate of drug-likeness (QED) is 0.847. The minimum Gasteiger partial charge on any atom is -0.370 e. The van der Waals surface area contributed by atoms with Crippen molar-refractivity contribution < 1.29 is 0 Å². The Morgan fingerprint density at radius 3 is 2.79 bits per heavy atom. The molecule has 4 rings (SSSR count). The molecule has 0 atom stereocenters. The first-order chi connectivity index (χ1) is 11.8. The zero-order chi connectivity index (χ0) is 16.4. The van der Waals surface area contributed by atoms with E-state index in [-0.39, 0.29) is 0 Å². The third-order valence-electron chi connectivity index (χ3n) is 5.09. The van der Waals surface area contributed by atoms with Gasteiger partial charge in [-0.3, -0.25) is 4.90 Å². The molecule has 3 heterocycles. The fourth-order valence-corrected chi connectivity index (χ4v) is 4.21. The standard InChI is InChI=1S/C19H25BrN4/c20-15-7-6-8-16(13-15)24-19-17(9-2-3-10-21-19)18(22-24)14-23-11-4-1-5-12-23/h6-8,13,21H,1-5,9-12,14H2. The Labute approximate surface area is 152 Å². The van der Waals surface area contributed by atoms with Crippen LogP contribution in [0.5, 0.6) is 0 Å². The maximum absolute atomic E-state index is 5.03. The van der Waals surface area contributed by atoms with Gasteiger partial charge in [-0.1, -0.05) is 28.4 Å². The molecule has 0 radical (unpaired) electrons. The van der Waals surface area contributed by atoms with E-state index in [2.05, 4.69) is 55.1 Å². The Kier molecular flexibility index (Phi) is 4.90. The van der Waals surface area contributed by atoms with E-state index < -0.39 is 0 Å². The summed E-state index contributed by atoms with van der Waals surface area (Å²) in [5, 5.41) is 8.67. The van der Waals surface area contributed by atoms with Gasteiger partial charge in [-0.05, 0) is 63.4 Å². The predicted molar refractivity (Wildman–Crippen MR) is 102 cm³/mol. The van der Waals surface area contributed by atoms with E-state index >= 15 is 0 Å². The molecule has 1 aromatic heterocycles. The normalized spacial score (nSPS) is 18.7. The Hall–Kier alpha value is -1.33. The average molecular weight is 389 g/mol. The van der Waals surface area contributed by atoms with Crippen LogP contribution in [0.1, 0.15) is 43.4 Å². The van der Waals surface area contributed by atoms with Crippen LogP contribution in [0.15, 0.2) is 28.7 Å². The molecule has 1 fully saturated rings. The summed E-state index contributed by atoms with van der Waals surface area (Å²) in [5.41, 5.74) is 3.82. The molecular weight excluding hydrogens is 364 g/mol. The second-order valence-corrected chi connectivity index (χ2v) is 7.80. The summed E-state index contributed by atoms with van der Waals surface area (Å²) in [7, 11) is 0. The summed E-state index contributed by atoms with van der Waals surface area (Å²) in [5.74, 6) is 1.21. The highest BCUT2D eigenvalue weighted by Gasteiger charge is 2.22. The fourth-order valence-electron chi connectivity index (χ4n) is 3.82. The van der Waals surface area contributed by atoms with E-state index in [4.69, 9.17) is 5.10 Å². The number of anilines is 1. The molecule has 2 aliphatic heterocycles. The van der Waals surface area contributed by atoms with Gasteiger partial charge in [0, 0.05) is 23.1 Å². The smallest absolute Gasteiger partial charge is 0.133 e. The Balaban J connectivity index is 1.71. The summed E-state index contributed by atoms with van der Waals surface area (Å²) in [4.78, 5) is 2.57. The molecule has 1 N–H and O–H groups in total. The van der Waals surface area contributed by atoms with Crippen molar-refractivity contribution in [2.45, 2.75) is 45.1 Å². The third-order valence-corrected chi connectivity index (χ3v) is 5.58. The molecule has 4 nitrogen and oxygen atoms in total. The number of rotatable bonds is 3. The van der Waals surface area contributed by atoms with Crippen molar-refractivity contribution in [2.75, 3.05) is 25.0 Å². The van der Waals surface area contributed by atoms with Crippen molar-refractivity contribution in [1.29, 1.82) is 0 Å². The summed E-state index contributed by atoms with van der Waals surface area (Å²) in [6.45, 7) is 4.46. The molecule has 0 bridgehead atoms. The third kappa shape index (κ3) is 3.38. The highest BCUT2D eigenvalue weighted by Crippen LogP contribution is 2.30. The predicted octanol–water partition coefficient (Wildman–Crippen LogP) is 4.37. The molecule has 0 amide bonds. The Bertz CT molecular complexity index is 703.